The number of nitrogens with zero attached hydrogens (tertiary/aromatic N) is 4. The molecule has 0 fully saturated rings. The van der Waals surface area contributed by atoms with Crippen molar-refractivity contribution in [1.82, 2.24) is 19.5 Å². The molecule has 0 radical (unpaired) electrons. The molecule has 0 aliphatic rings. The van der Waals surface area contributed by atoms with Crippen molar-refractivity contribution in [1.29, 1.82) is 0 Å². The number of hydrogen-bond donors (Lipinski definition) is 1. The molecule has 0 amide bonds. The van der Waals surface area contributed by atoms with Crippen LogP contribution in [0.4, 0.5) is 5.82 Å². The van der Waals surface area contributed by atoms with E-state index in [1.165, 1.54) is 0 Å². The molecule has 0 unspecified atom stereocenters. The standard InChI is InChI=1S/C23H24ClN5/c1-28(2)14-6-13-25-22-15-21(18-9-11-19(24)12-10-18)27-23-20(16-26-29(22)23)17-7-4-3-5-8-17/h3-5,7-12,15-16,25H,6,13-14H2,1-2H3. The maximum atomic E-state index is 6.07. The minimum atomic E-state index is 0.714. The van der Waals surface area contributed by atoms with Gasteiger partial charge in [0.2, 0.25) is 0 Å². The third kappa shape index (κ3) is 4.42. The summed E-state index contributed by atoms with van der Waals surface area (Å²) in [6.07, 6.45) is 2.92. The Morgan fingerprint density at radius 1 is 1.00 bits per heavy atom. The Morgan fingerprint density at radius 3 is 2.48 bits per heavy atom. The number of halogens is 1. The van der Waals surface area contributed by atoms with Gasteiger partial charge < -0.3 is 10.2 Å². The Kier molecular flexibility index (Phi) is 5.79. The van der Waals surface area contributed by atoms with Crippen molar-refractivity contribution in [3.8, 4) is 22.4 Å². The smallest absolute Gasteiger partial charge is 0.165 e. The SMILES string of the molecule is CN(C)CCCNc1cc(-c2ccc(Cl)cc2)nc2c(-c3ccccc3)cnn12. The van der Waals surface area contributed by atoms with E-state index in [-0.39, 0.29) is 0 Å². The van der Waals surface area contributed by atoms with E-state index < -0.39 is 0 Å². The second-order valence-corrected chi connectivity index (χ2v) is 7.71. The molecule has 1 N–H and O–H groups in total. The van der Waals surface area contributed by atoms with Crippen molar-refractivity contribution in [2.75, 3.05) is 32.5 Å². The van der Waals surface area contributed by atoms with Crippen LogP contribution >= 0.6 is 11.6 Å². The molecule has 0 saturated carbocycles. The molecule has 0 aliphatic heterocycles. The number of nitrogens with one attached hydrogen (secondary N) is 1. The van der Waals surface area contributed by atoms with Crippen LogP contribution in [-0.4, -0.2) is 46.7 Å². The molecule has 5 nitrogen and oxygen atoms in total. The Morgan fingerprint density at radius 2 is 1.76 bits per heavy atom. The number of benzene rings is 2. The zero-order chi connectivity index (χ0) is 20.2. The number of aromatic nitrogens is 3. The van der Waals surface area contributed by atoms with E-state index in [1.807, 2.05) is 59.2 Å². The first kappa shape index (κ1) is 19.4. The second-order valence-electron chi connectivity index (χ2n) is 7.28. The van der Waals surface area contributed by atoms with E-state index in [0.29, 0.717) is 5.02 Å². The molecule has 6 heteroatoms. The first-order valence-electron chi connectivity index (χ1n) is 9.70. The second kappa shape index (κ2) is 8.64. The molecule has 4 rings (SSSR count). The average molecular weight is 406 g/mol. The van der Waals surface area contributed by atoms with Gasteiger partial charge in [-0.2, -0.15) is 9.61 Å². The molecule has 4 aromatic rings. The van der Waals surface area contributed by atoms with E-state index >= 15 is 0 Å². The van der Waals surface area contributed by atoms with Gasteiger partial charge in [0.1, 0.15) is 5.82 Å². The fourth-order valence-electron chi connectivity index (χ4n) is 3.29. The van der Waals surface area contributed by atoms with Crippen molar-refractivity contribution in [2.45, 2.75) is 6.42 Å². The van der Waals surface area contributed by atoms with Gasteiger partial charge in [0.25, 0.3) is 0 Å². The third-order valence-electron chi connectivity index (χ3n) is 4.78. The summed E-state index contributed by atoms with van der Waals surface area (Å²) in [5.41, 5.74) is 4.86. The Hall–Kier alpha value is -2.89. The van der Waals surface area contributed by atoms with Crippen molar-refractivity contribution in [3.63, 3.8) is 0 Å². The van der Waals surface area contributed by atoms with Crippen LogP contribution in [-0.2, 0) is 0 Å². The molecule has 148 valence electrons. The van der Waals surface area contributed by atoms with Gasteiger partial charge in [0.05, 0.1) is 11.9 Å². The highest BCUT2D eigenvalue weighted by Crippen LogP contribution is 2.29. The highest BCUT2D eigenvalue weighted by Gasteiger charge is 2.14. The molecule has 0 aliphatic carbocycles. The summed E-state index contributed by atoms with van der Waals surface area (Å²) in [5, 5.41) is 8.87. The Bertz CT molecular complexity index is 1090. The normalized spacial score (nSPS) is 11.3. The molecule has 2 heterocycles. The van der Waals surface area contributed by atoms with Crippen molar-refractivity contribution in [3.05, 3.63) is 71.9 Å². The van der Waals surface area contributed by atoms with Crippen LogP contribution < -0.4 is 5.32 Å². The molecule has 0 spiro atoms. The van der Waals surface area contributed by atoms with Gasteiger partial charge in [-0.15, -0.1) is 0 Å². The predicted octanol–water partition coefficient (Wildman–Crippen LogP) is 5.08. The third-order valence-corrected chi connectivity index (χ3v) is 5.04. The lowest BCUT2D eigenvalue weighted by molar-refractivity contribution is 0.405. The van der Waals surface area contributed by atoms with E-state index in [1.54, 1.807) is 0 Å². The van der Waals surface area contributed by atoms with Gasteiger partial charge in [0, 0.05) is 28.8 Å². The van der Waals surface area contributed by atoms with Crippen molar-refractivity contribution < 1.29 is 0 Å². The van der Waals surface area contributed by atoms with Crippen LogP contribution in [0.3, 0.4) is 0 Å². The molecular weight excluding hydrogens is 382 g/mol. The predicted molar refractivity (Wildman–Crippen MR) is 121 cm³/mol. The number of anilines is 1. The molecule has 2 aromatic heterocycles. The number of hydrogen-bond acceptors (Lipinski definition) is 4. The lowest BCUT2D eigenvalue weighted by Crippen LogP contribution is -2.17. The Labute approximate surface area is 176 Å². The topological polar surface area (TPSA) is 45.5 Å². The fraction of sp³-hybridized carbons (Fsp3) is 0.217. The summed E-state index contributed by atoms with van der Waals surface area (Å²) in [7, 11) is 4.17. The summed E-state index contributed by atoms with van der Waals surface area (Å²) < 4.78 is 1.89. The number of rotatable bonds is 7. The van der Waals surface area contributed by atoms with Gasteiger partial charge in [-0.3, -0.25) is 0 Å². The molecular formula is C23H24ClN5. The zero-order valence-electron chi connectivity index (χ0n) is 16.6. The fourth-order valence-corrected chi connectivity index (χ4v) is 3.42. The van der Waals surface area contributed by atoms with Crippen LogP contribution in [0.25, 0.3) is 28.0 Å². The van der Waals surface area contributed by atoms with Crippen LogP contribution in [0.2, 0.25) is 5.02 Å². The highest BCUT2D eigenvalue weighted by atomic mass is 35.5. The first-order valence-corrected chi connectivity index (χ1v) is 10.1. The summed E-state index contributed by atoms with van der Waals surface area (Å²) in [5.74, 6) is 0.931. The minimum Gasteiger partial charge on any atom is -0.370 e. The van der Waals surface area contributed by atoms with Gasteiger partial charge >= 0.3 is 0 Å². The van der Waals surface area contributed by atoms with Gasteiger partial charge in [-0.25, -0.2) is 4.98 Å². The van der Waals surface area contributed by atoms with Crippen LogP contribution in [0.5, 0.6) is 0 Å². The van der Waals surface area contributed by atoms with Gasteiger partial charge in [-0.1, -0.05) is 54.1 Å². The molecule has 0 atom stereocenters. The zero-order valence-corrected chi connectivity index (χ0v) is 17.4. The van der Waals surface area contributed by atoms with Crippen molar-refractivity contribution in [2.24, 2.45) is 0 Å². The number of fused-ring (bicyclic) bond motifs is 1. The van der Waals surface area contributed by atoms with E-state index in [0.717, 1.165) is 53.4 Å². The monoisotopic (exact) mass is 405 g/mol. The molecule has 2 aromatic carbocycles. The van der Waals surface area contributed by atoms with Crippen LogP contribution in [0.15, 0.2) is 66.9 Å². The first-order chi connectivity index (χ1) is 14.1. The summed E-state index contributed by atoms with van der Waals surface area (Å²) in [6, 6.07) is 20.1. The van der Waals surface area contributed by atoms with Gasteiger partial charge in [0.15, 0.2) is 5.65 Å². The average Bonchev–Trinajstić information content (AvgIpc) is 3.16. The maximum Gasteiger partial charge on any atom is 0.165 e. The van der Waals surface area contributed by atoms with E-state index in [2.05, 4.69) is 41.5 Å². The van der Waals surface area contributed by atoms with E-state index in [4.69, 9.17) is 16.6 Å². The quantitative estimate of drug-likeness (QED) is 0.435. The largest absolute Gasteiger partial charge is 0.370 e. The lowest BCUT2D eigenvalue weighted by atomic mass is 10.1. The highest BCUT2D eigenvalue weighted by molar-refractivity contribution is 6.30. The van der Waals surface area contributed by atoms with Crippen molar-refractivity contribution >= 4 is 23.1 Å². The summed E-state index contributed by atoms with van der Waals surface area (Å²) in [6.45, 7) is 1.89. The molecule has 0 bridgehead atoms. The minimum absolute atomic E-state index is 0.714. The summed E-state index contributed by atoms with van der Waals surface area (Å²) in [4.78, 5) is 7.12. The Balaban J connectivity index is 1.77. The summed E-state index contributed by atoms with van der Waals surface area (Å²) >= 11 is 6.07. The maximum absolute atomic E-state index is 6.07. The van der Waals surface area contributed by atoms with Crippen LogP contribution in [0.1, 0.15) is 6.42 Å². The van der Waals surface area contributed by atoms with E-state index in [9.17, 15) is 0 Å². The molecule has 0 saturated heterocycles. The molecule has 29 heavy (non-hydrogen) atoms. The van der Waals surface area contributed by atoms with Gasteiger partial charge in [-0.05, 0) is 44.8 Å². The lowest BCUT2D eigenvalue weighted by Gasteiger charge is -2.13. The van der Waals surface area contributed by atoms with Crippen LogP contribution in [0, 0.1) is 0 Å².